The van der Waals surface area contributed by atoms with Crippen molar-refractivity contribution in [2.24, 2.45) is 17.3 Å². The Morgan fingerprint density at radius 3 is 0.881 bits per heavy atom. The predicted molar refractivity (Wildman–Crippen MR) is 181 cm³/mol. The zero-order valence-corrected chi connectivity index (χ0v) is 28.9. The molecule has 0 spiro atoms. The summed E-state index contributed by atoms with van der Waals surface area (Å²) < 4.78 is 0. The van der Waals surface area contributed by atoms with Gasteiger partial charge in [-0.05, 0) is 24.7 Å². The average Bonchev–Trinajstić information content (AvgIpc) is 2.92. The van der Waals surface area contributed by atoms with E-state index >= 15 is 0 Å². The fraction of sp³-hybridized carbons (Fsp3) is 0.947. The third-order valence-electron chi connectivity index (χ3n) is 9.32. The van der Waals surface area contributed by atoms with Crippen molar-refractivity contribution in [2.75, 3.05) is 0 Å². The molecule has 0 aromatic heterocycles. The van der Waals surface area contributed by atoms with E-state index < -0.39 is 17.4 Å². The molecule has 4 heteroatoms. The molecule has 0 aromatic rings. The van der Waals surface area contributed by atoms with Crippen molar-refractivity contribution in [3.05, 3.63) is 0 Å². The van der Waals surface area contributed by atoms with E-state index in [9.17, 15) is 19.8 Å². The summed E-state index contributed by atoms with van der Waals surface area (Å²) in [6.45, 7) is 9.22. The molecule has 0 aliphatic rings. The first-order valence-electron chi connectivity index (χ1n) is 18.6. The van der Waals surface area contributed by atoms with Crippen molar-refractivity contribution in [1.29, 1.82) is 0 Å². The van der Waals surface area contributed by atoms with Gasteiger partial charge in [-0.2, -0.15) is 0 Å². The lowest BCUT2D eigenvalue weighted by Gasteiger charge is -2.28. The average molecular weight is 595 g/mol. The van der Waals surface area contributed by atoms with E-state index in [1.807, 2.05) is 0 Å². The van der Waals surface area contributed by atoms with E-state index in [1.165, 1.54) is 128 Å². The summed E-state index contributed by atoms with van der Waals surface area (Å²) in [5.74, 6) is -0.210. The normalized spacial score (nSPS) is 12.0. The minimum Gasteiger partial charge on any atom is -0.481 e. The quantitative estimate of drug-likeness (QED) is 0.0741. The van der Waals surface area contributed by atoms with Crippen LogP contribution in [0.2, 0.25) is 0 Å². The molecule has 0 saturated carbocycles. The van der Waals surface area contributed by atoms with Gasteiger partial charge in [0.05, 0.1) is 11.8 Å². The van der Waals surface area contributed by atoms with Gasteiger partial charge in [-0.15, -0.1) is 0 Å². The zero-order chi connectivity index (χ0) is 31.3. The Kier molecular flexibility index (Phi) is 28.0. The second-order valence-electron chi connectivity index (χ2n) is 14.5. The van der Waals surface area contributed by atoms with Crippen LogP contribution in [-0.4, -0.2) is 22.2 Å². The van der Waals surface area contributed by atoms with Crippen LogP contribution >= 0.6 is 0 Å². The van der Waals surface area contributed by atoms with Crippen molar-refractivity contribution in [1.82, 2.24) is 0 Å². The smallest absolute Gasteiger partial charge is 0.310 e. The monoisotopic (exact) mass is 595 g/mol. The van der Waals surface area contributed by atoms with Crippen molar-refractivity contribution in [3.8, 4) is 0 Å². The highest BCUT2D eigenvalue weighted by molar-refractivity contribution is 5.81. The highest BCUT2D eigenvalue weighted by Gasteiger charge is 2.39. The van der Waals surface area contributed by atoms with E-state index in [2.05, 4.69) is 27.7 Å². The van der Waals surface area contributed by atoms with Crippen molar-refractivity contribution < 1.29 is 19.8 Å². The Labute approximate surface area is 262 Å². The molecule has 0 aliphatic carbocycles. The minimum atomic E-state index is -1.09. The lowest BCUT2D eigenvalue weighted by Crippen LogP contribution is -2.33. The Hall–Kier alpha value is -1.06. The summed E-state index contributed by atoms with van der Waals surface area (Å²) in [5, 5.41) is 19.5. The number of carboxylic acid groups (broad SMARTS) is 2. The van der Waals surface area contributed by atoms with Gasteiger partial charge >= 0.3 is 11.9 Å². The first-order chi connectivity index (χ1) is 20.2. The second kappa shape index (κ2) is 28.7. The summed E-state index contributed by atoms with van der Waals surface area (Å²) in [4.78, 5) is 23.8. The largest absolute Gasteiger partial charge is 0.481 e. The van der Waals surface area contributed by atoms with Gasteiger partial charge in [0.25, 0.3) is 0 Å². The second-order valence-corrected chi connectivity index (χ2v) is 14.5. The number of carboxylic acids is 2. The number of hydrogen-bond donors (Lipinski definition) is 2. The van der Waals surface area contributed by atoms with Crippen LogP contribution < -0.4 is 0 Å². The van der Waals surface area contributed by atoms with Crippen LogP contribution in [0.25, 0.3) is 0 Å². The first kappa shape index (κ1) is 40.9. The molecule has 0 radical (unpaired) electrons. The van der Waals surface area contributed by atoms with Crippen LogP contribution in [0.5, 0.6) is 0 Å². The lowest BCUT2D eigenvalue weighted by molar-refractivity contribution is -0.157. The molecule has 4 nitrogen and oxygen atoms in total. The van der Waals surface area contributed by atoms with E-state index in [0.717, 1.165) is 50.4 Å². The molecular weight excluding hydrogens is 520 g/mol. The van der Waals surface area contributed by atoms with Gasteiger partial charge in [-0.1, -0.05) is 195 Å². The molecule has 0 saturated heterocycles. The molecule has 0 atom stereocenters. The third-order valence-corrected chi connectivity index (χ3v) is 9.32. The molecule has 0 aliphatic heterocycles. The molecule has 42 heavy (non-hydrogen) atoms. The standard InChI is InChI=1S/C38H74O4/c1-34(2)29-25-21-17-13-9-5-7-11-15-19-23-27-31-38(37(41)42,33-36(39)40)32-28-24-20-16-12-8-6-10-14-18-22-26-30-35(3)4/h34-35H,5-33H2,1-4H3,(H,39,40)(H,41,42). The van der Waals surface area contributed by atoms with Gasteiger partial charge in [0.2, 0.25) is 0 Å². The first-order valence-corrected chi connectivity index (χ1v) is 18.6. The summed E-state index contributed by atoms with van der Waals surface area (Å²) in [5.41, 5.74) is -1.09. The van der Waals surface area contributed by atoms with Crippen LogP contribution in [0.3, 0.4) is 0 Å². The van der Waals surface area contributed by atoms with E-state index in [0.29, 0.717) is 12.8 Å². The van der Waals surface area contributed by atoms with Gasteiger partial charge in [-0.3, -0.25) is 9.59 Å². The maximum absolute atomic E-state index is 12.3. The highest BCUT2D eigenvalue weighted by atomic mass is 16.4. The van der Waals surface area contributed by atoms with Crippen LogP contribution in [0.15, 0.2) is 0 Å². The zero-order valence-electron chi connectivity index (χ0n) is 28.9. The molecule has 0 fully saturated rings. The van der Waals surface area contributed by atoms with Crippen LogP contribution in [0, 0.1) is 17.3 Å². The molecule has 0 amide bonds. The molecule has 0 aromatic carbocycles. The molecule has 0 bridgehead atoms. The number of rotatable bonds is 33. The van der Waals surface area contributed by atoms with Crippen molar-refractivity contribution in [3.63, 3.8) is 0 Å². The third kappa shape index (κ3) is 26.6. The summed E-state index contributed by atoms with van der Waals surface area (Å²) in [6, 6.07) is 0. The molecule has 2 N–H and O–H groups in total. The highest BCUT2D eigenvalue weighted by Crippen LogP contribution is 2.36. The molecule has 0 heterocycles. The molecule has 0 rings (SSSR count). The Morgan fingerprint density at radius 1 is 0.429 bits per heavy atom. The van der Waals surface area contributed by atoms with Crippen LogP contribution in [-0.2, 0) is 9.59 Å². The Bertz CT molecular complexity index is 576. The van der Waals surface area contributed by atoms with Gasteiger partial charge < -0.3 is 10.2 Å². The summed E-state index contributed by atoms with van der Waals surface area (Å²) in [6.07, 6.45) is 33.5. The maximum Gasteiger partial charge on any atom is 0.310 e. The van der Waals surface area contributed by atoms with E-state index in [-0.39, 0.29) is 6.42 Å². The van der Waals surface area contributed by atoms with Crippen LogP contribution in [0.4, 0.5) is 0 Å². The number of aliphatic carboxylic acids is 2. The molecule has 250 valence electrons. The number of unbranched alkanes of at least 4 members (excludes halogenated alkanes) is 22. The fourth-order valence-corrected chi connectivity index (χ4v) is 6.45. The Balaban J connectivity index is 3.92. The van der Waals surface area contributed by atoms with E-state index in [1.54, 1.807) is 0 Å². The Morgan fingerprint density at radius 2 is 0.667 bits per heavy atom. The number of hydrogen-bond acceptors (Lipinski definition) is 2. The summed E-state index contributed by atoms with van der Waals surface area (Å²) >= 11 is 0. The fourth-order valence-electron chi connectivity index (χ4n) is 6.45. The SMILES string of the molecule is CC(C)CCCCCCCCCCCCCCC(CCCCCCCCCCCCCCC(C)C)(CC(=O)O)C(=O)O. The maximum atomic E-state index is 12.3. The topological polar surface area (TPSA) is 74.6 Å². The van der Waals surface area contributed by atoms with Crippen molar-refractivity contribution in [2.45, 2.75) is 214 Å². The summed E-state index contributed by atoms with van der Waals surface area (Å²) in [7, 11) is 0. The van der Waals surface area contributed by atoms with Gasteiger partial charge in [0.15, 0.2) is 0 Å². The van der Waals surface area contributed by atoms with Gasteiger partial charge in [0, 0.05) is 0 Å². The minimum absolute atomic E-state index is 0.239. The van der Waals surface area contributed by atoms with E-state index in [4.69, 9.17) is 0 Å². The molecular formula is C38H74O4. The number of carbonyl (C=O) groups is 2. The predicted octanol–water partition coefficient (Wildman–Crippen LogP) is 12.8. The van der Waals surface area contributed by atoms with Crippen molar-refractivity contribution >= 4 is 11.9 Å². The van der Waals surface area contributed by atoms with Crippen LogP contribution in [0.1, 0.15) is 214 Å². The van der Waals surface area contributed by atoms with Gasteiger partial charge in [0.1, 0.15) is 0 Å². The van der Waals surface area contributed by atoms with Gasteiger partial charge in [-0.25, -0.2) is 0 Å². The molecule has 0 unspecified atom stereocenters. The lowest BCUT2D eigenvalue weighted by atomic mass is 9.75.